The van der Waals surface area contributed by atoms with E-state index in [1.165, 1.54) is 0 Å². The Morgan fingerprint density at radius 3 is 2.93 bits per heavy atom. The molecule has 0 saturated carbocycles. The predicted octanol–water partition coefficient (Wildman–Crippen LogP) is 2.77. The van der Waals surface area contributed by atoms with Crippen LogP contribution >= 0.6 is 11.3 Å². The lowest BCUT2D eigenvalue weighted by Crippen LogP contribution is -1.88. The molecule has 0 unspecified atom stereocenters. The molecule has 0 aliphatic carbocycles. The number of rotatable bonds is 1. The standard InChI is InChI=1S/C11H9N3S/c1-8-4-2-6-14-10(8)12-13-11(14)9-5-3-7-15-9/h2-7H,1H3. The zero-order valence-corrected chi connectivity index (χ0v) is 9.03. The van der Waals surface area contributed by atoms with Gasteiger partial charge in [-0.05, 0) is 30.0 Å². The number of aryl methyl sites for hydroxylation is 1. The SMILES string of the molecule is Cc1cccn2c(-c3cccs3)nnc12. The molecular formula is C11H9N3S. The van der Waals surface area contributed by atoms with Crippen LogP contribution in [0.3, 0.4) is 0 Å². The molecule has 0 spiro atoms. The number of thiophene rings is 1. The summed E-state index contributed by atoms with van der Waals surface area (Å²) >= 11 is 1.68. The number of hydrogen-bond acceptors (Lipinski definition) is 3. The first kappa shape index (κ1) is 8.61. The van der Waals surface area contributed by atoms with Crippen LogP contribution in [0.5, 0.6) is 0 Å². The van der Waals surface area contributed by atoms with Gasteiger partial charge in [0.25, 0.3) is 0 Å². The summed E-state index contributed by atoms with van der Waals surface area (Å²) in [4.78, 5) is 1.15. The highest BCUT2D eigenvalue weighted by molar-refractivity contribution is 7.13. The fourth-order valence-corrected chi connectivity index (χ4v) is 2.33. The van der Waals surface area contributed by atoms with Gasteiger partial charge in [0.05, 0.1) is 4.88 Å². The molecule has 15 heavy (non-hydrogen) atoms. The van der Waals surface area contributed by atoms with Crippen LogP contribution in [-0.4, -0.2) is 14.6 Å². The quantitative estimate of drug-likeness (QED) is 0.624. The van der Waals surface area contributed by atoms with Gasteiger partial charge in [0, 0.05) is 6.20 Å². The summed E-state index contributed by atoms with van der Waals surface area (Å²) in [7, 11) is 0. The first-order valence-corrected chi connectivity index (χ1v) is 5.58. The summed E-state index contributed by atoms with van der Waals surface area (Å²) in [5.41, 5.74) is 2.08. The van der Waals surface area contributed by atoms with Crippen molar-refractivity contribution in [3.05, 3.63) is 41.4 Å². The Balaban J connectivity index is 2.34. The smallest absolute Gasteiger partial charge is 0.178 e. The highest BCUT2D eigenvalue weighted by atomic mass is 32.1. The molecule has 3 aromatic heterocycles. The second-order valence-electron chi connectivity index (χ2n) is 3.39. The van der Waals surface area contributed by atoms with Crippen molar-refractivity contribution < 1.29 is 0 Å². The Bertz CT molecular complexity index is 595. The molecule has 3 rings (SSSR count). The molecule has 0 aliphatic rings. The number of aromatic nitrogens is 3. The molecule has 0 atom stereocenters. The van der Waals surface area contributed by atoms with Crippen LogP contribution in [0.25, 0.3) is 16.3 Å². The fraction of sp³-hybridized carbons (Fsp3) is 0.0909. The van der Waals surface area contributed by atoms with Gasteiger partial charge in [-0.2, -0.15) is 0 Å². The van der Waals surface area contributed by atoms with Gasteiger partial charge in [-0.3, -0.25) is 4.40 Å². The lowest BCUT2D eigenvalue weighted by Gasteiger charge is -1.97. The molecule has 3 aromatic rings. The van der Waals surface area contributed by atoms with E-state index in [0.29, 0.717) is 0 Å². The topological polar surface area (TPSA) is 30.2 Å². The molecular weight excluding hydrogens is 206 g/mol. The minimum atomic E-state index is 0.920. The first-order chi connectivity index (χ1) is 7.36. The Hall–Kier alpha value is -1.68. The van der Waals surface area contributed by atoms with Crippen molar-refractivity contribution in [2.45, 2.75) is 6.92 Å². The van der Waals surface area contributed by atoms with Crippen molar-refractivity contribution >= 4 is 17.0 Å². The molecule has 3 nitrogen and oxygen atoms in total. The van der Waals surface area contributed by atoms with Gasteiger partial charge >= 0.3 is 0 Å². The largest absolute Gasteiger partial charge is 0.282 e. The fourth-order valence-electron chi connectivity index (χ4n) is 1.62. The van der Waals surface area contributed by atoms with Crippen molar-refractivity contribution in [3.8, 4) is 10.7 Å². The molecule has 4 heteroatoms. The van der Waals surface area contributed by atoms with Crippen LogP contribution in [-0.2, 0) is 0 Å². The molecule has 0 aliphatic heterocycles. The summed E-state index contributed by atoms with van der Waals surface area (Å²) in [6, 6.07) is 8.14. The second-order valence-corrected chi connectivity index (χ2v) is 4.33. The summed E-state index contributed by atoms with van der Waals surface area (Å²) in [5, 5.41) is 10.5. The van der Waals surface area contributed by atoms with Gasteiger partial charge < -0.3 is 0 Å². The van der Waals surface area contributed by atoms with Gasteiger partial charge in [0.2, 0.25) is 0 Å². The lowest BCUT2D eigenvalue weighted by atomic mass is 10.3. The molecule has 0 aromatic carbocycles. The highest BCUT2D eigenvalue weighted by Gasteiger charge is 2.09. The Kier molecular flexibility index (Phi) is 1.82. The molecule has 0 amide bonds. The van der Waals surface area contributed by atoms with E-state index < -0.39 is 0 Å². The van der Waals surface area contributed by atoms with Crippen LogP contribution in [0.4, 0.5) is 0 Å². The zero-order valence-electron chi connectivity index (χ0n) is 8.21. The van der Waals surface area contributed by atoms with Gasteiger partial charge in [0.15, 0.2) is 11.5 Å². The Morgan fingerprint density at radius 2 is 2.13 bits per heavy atom. The molecule has 0 N–H and O–H groups in total. The first-order valence-electron chi connectivity index (χ1n) is 4.70. The minimum Gasteiger partial charge on any atom is -0.282 e. The van der Waals surface area contributed by atoms with Gasteiger partial charge in [-0.25, -0.2) is 0 Å². The van der Waals surface area contributed by atoms with Crippen LogP contribution in [0.15, 0.2) is 35.8 Å². The number of fused-ring (bicyclic) bond motifs is 1. The van der Waals surface area contributed by atoms with E-state index >= 15 is 0 Å². The number of pyridine rings is 1. The van der Waals surface area contributed by atoms with Crippen LogP contribution in [0, 0.1) is 6.92 Å². The predicted molar refractivity (Wildman–Crippen MR) is 61.0 cm³/mol. The number of nitrogens with zero attached hydrogens (tertiary/aromatic N) is 3. The van der Waals surface area contributed by atoms with Crippen molar-refractivity contribution in [2.24, 2.45) is 0 Å². The Morgan fingerprint density at radius 1 is 1.20 bits per heavy atom. The summed E-state index contributed by atoms with van der Waals surface area (Å²) in [6.45, 7) is 2.04. The molecule has 0 bridgehead atoms. The number of hydrogen-bond donors (Lipinski definition) is 0. The van der Waals surface area contributed by atoms with Crippen LogP contribution in [0.1, 0.15) is 5.56 Å². The molecule has 3 heterocycles. The zero-order chi connectivity index (χ0) is 10.3. The van der Waals surface area contributed by atoms with E-state index in [2.05, 4.69) is 16.3 Å². The van der Waals surface area contributed by atoms with E-state index in [1.54, 1.807) is 11.3 Å². The lowest BCUT2D eigenvalue weighted by molar-refractivity contribution is 1.12. The van der Waals surface area contributed by atoms with E-state index in [1.807, 2.05) is 41.1 Å². The molecule has 74 valence electrons. The third kappa shape index (κ3) is 1.26. The maximum absolute atomic E-state index is 4.22. The normalized spacial score (nSPS) is 11.0. The van der Waals surface area contributed by atoms with Gasteiger partial charge in [-0.15, -0.1) is 21.5 Å². The monoisotopic (exact) mass is 215 g/mol. The van der Waals surface area contributed by atoms with Crippen molar-refractivity contribution in [3.63, 3.8) is 0 Å². The third-order valence-electron chi connectivity index (χ3n) is 2.37. The van der Waals surface area contributed by atoms with Crippen molar-refractivity contribution in [1.82, 2.24) is 14.6 Å². The van der Waals surface area contributed by atoms with Crippen LogP contribution in [0.2, 0.25) is 0 Å². The van der Waals surface area contributed by atoms with E-state index in [-0.39, 0.29) is 0 Å². The second kappa shape index (κ2) is 3.17. The van der Waals surface area contributed by atoms with Gasteiger partial charge in [0.1, 0.15) is 0 Å². The Labute approximate surface area is 91.0 Å². The third-order valence-corrected chi connectivity index (χ3v) is 3.24. The van der Waals surface area contributed by atoms with Gasteiger partial charge in [-0.1, -0.05) is 12.1 Å². The van der Waals surface area contributed by atoms with E-state index in [9.17, 15) is 0 Å². The van der Waals surface area contributed by atoms with E-state index in [0.717, 1.165) is 21.9 Å². The average molecular weight is 215 g/mol. The maximum Gasteiger partial charge on any atom is 0.178 e. The molecule has 0 radical (unpaired) electrons. The van der Waals surface area contributed by atoms with Crippen molar-refractivity contribution in [1.29, 1.82) is 0 Å². The summed E-state index contributed by atoms with van der Waals surface area (Å²) in [6.07, 6.45) is 2.00. The van der Waals surface area contributed by atoms with Crippen molar-refractivity contribution in [2.75, 3.05) is 0 Å². The van der Waals surface area contributed by atoms with Crippen LogP contribution < -0.4 is 0 Å². The maximum atomic E-state index is 4.22. The highest BCUT2D eigenvalue weighted by Crippen LogP contribution is 2.23. The minimum absolute atomic E-state index is 0.920. The molecule has 0 fully saturated rings. The molecule has 0 saturated heterocycles. The summed E-state index contributed by atoms with van der Waals surface area (Å²) < 4.78 is 2.03. The van der Waals surface area contributed by atoms with E-state index in [4.69, 9.17) is 0 Å². The average Bonchev–Trinajstić information content (AvgIpc) is 2.85. The summed E-state index contributed by atoms with van der Waals surface area (Å²) in [5.74, 6) is 0.920.